The quantitative estimate of drug-likeness (QED) is 0.0947. The molecule has 0 unspecified atom stereocenters. The van der Waals surface area contributed by atoms with Crippen LogP contribution in [0.15, 0.2) is 564 Å². The number of benzene rings is 27. The van der Waals surface area contributed by atoms with Gasteiger partial charge in [-0.25, -0.2) is 0 Å². The van der Waals surface area contributed by atoms with Crippen LogP contribution in [-0.2, 0) is 0 Å². The van der Waals surface area contributed by atoms with Crippen LogP contribution in [0.2, 0.25) is 0 Å². The molecule has 0 fully saturated rings. The summed E-state index contributed by atoms with van der Waals surface area (Å²) in [5.74, 6) is 0. The van der Waals surface area contributed by atoms with Crippen LogP contribution >= 0.6 is 34.0 Å². The van der Waals surface area contributed by atoms with Gasteiger partial charge in [0.05, 0.1) is 17.1 Å². The summed E-state index contributed by atoms with van der Waals surface area (Å²) < 4.78 is 7.83. The third-order valence-corrected chi connectivity index (χ3v) is 33.5. The SMILES string of the molecule is c1cc(-c2ccc(N(c3ccc4c(c3)sc3ccccc34)c3cc4ccccc4c4ccccc34)cc2)cc(-c2cccc3ccccc23)c1.c1ccc2c(-c3ccc(-c4ccc(N(c5ccc6c(c5)sc5ccccc56)c5cc6ccccc6c6ccccc56)cc4)cc3)cccc2c1.c1ccc2cc(-c3ccc(-c4ccc(N(c5ccc6c(c5)sc5ccccc56)c5cc6ccccc6c6ccccc56)cc4)cc3)ccc2c1. The Hall–Kier alpha value is -18.7. The predicted octanol–water partition coefficient (Wildman–Crippen LogP) is 43.0. The van der Waals surface area contributed by atoms with Crippen molar-refractivity contribution in [2.45, 2.75) is 0 Å². The molecule has 3 aromatic heterocycles. The smallest absolute Gasteiger partial charge is 0.0546 e. The summed E-state index contributed by atoms with van der Waals surface area (Å²) in [5, 5.41) is 30.5. The molecule has 0 spiro atoms. The monoisotopic (exact) mass is 1960 g/mol. The van der Waals surface area contributed by atoms with Gasteiger partial charge in [0.2, 0.25) is 0 Å². The number of fused-ring (bicyclic) bond motifs is 21. The van der Waals surface area contributed by atoms with E-state index in [4.69, 9.17) is 0 Å². The van der Waals surface area contributed by atoms with Crippen molar-refractivity contribution in [3.05, 3.63) is 564 Å². The molecule has 702 valence electrons. The van der Waals surface area contributed by atoms with Crippen LogP contribution in [0, 0.1) is 0 Å². The molecule has 150 heavy (non-hydrogen) atoms. The minimum atomic E-state index is 1.12. The molecule has 0 aliphatic rings. The Balaban J connectivity index is 0.000000108. The van der Waals surface area contributed by atoms with Crippen molar-refractivity contribution in [2.75, 3.05) is 14.7 Å². The van der Waals surface area contributed by atoms with E-state index in [-0.39, 0.29) is 0 Å². The van der Waals surface area contributed by atoms with Crippen molar-refractivity contribution < 1.29 is 0 Å². The van der Waals surface area contributed by atoms with E-state index >= 15 is 0 Å². The van der Waals surface area contributed by atoms with Crippen molar-refractivity contribution in [3.63, 3.8) is 0 Å². The maximum atomic E-state index is 2.44. The van der Waals surface area contributed by atoms with E-state index in [1.165, 1.54) is 241 Å². The largest absolute Gasteiger partial charge is 0.310 e. The molecule has 0 aliphatic carbocycles. The van der Waals surface area contributed by atoms with Crippen molar-refractivity contribution >= 4 is 243 Å². The number of nitrogens with zero attached hydrogens (tertiary/aromatic N) is 3. The Labute approximate surface area is 881 Å². The Bertz CT molecular complexity index is 10500. The van der Waals surface area contributed by atoms with Crippen molar-refractivity contribution in [1.29, 1.82) is 0 Å². The number of thiophene rings is 3. The maximum absolute atomic E-state index is 2.44. The molecular weight excluding hydrogens is 1870 g/mol. The standard InChI is InChI=1S/3C48H31NS/c1-3-16-39-33(11-1)13-10-21-40(39)35-15-9-14-34(29-35)32-23-25-37(26-24-32)49(38-27-28-45-44-20-7-8-22-47(44)50-48(45)31-38)46-30-36-12-2-4-17-41(36)42-18-5-6-19-43(42)46;1-3-13-39-34(10-1)12-9-18-40(39)35-22-20-32(21-23-35)33-24-26-37(27-25-33)49(38-28-29-45-44-17-7-8-19-47(44)50-48(45)31-38)46-30-36-11-2-4-14-41(36)42-15-5-6-16-43(42)46;1-2-10-36-29-37(22-21-32(36)9-1)35-19-17-33(18-20-35)34-23-25-39(26-24-34)49(40-27-28-45-44-15-7-8-16-47(44)50-48(45)31-40)46-30-38-11-3-4-12-41(38)42-13-5-6-14-43(42)46/h3*1-31H. The summed E-state index contributed by atoms with van der Waals surface area (Å²) in [5.41, 5.74) is 25.0. The highest BCUT2D eigenvalue weighted by Gasteiger charge is 2.26. The van der Waals surface area contributed by atoms with E-state index in [2.05, 4.69) is 579 Å². The van der Waals surface area contributed by atoms with Crippen LogP contribution in [0.5, 0.6) is 0 Å². The van der Waals surface area contributed by atoms with Gasteiger partial charge in [-0.2, -0.15) is 0 Å². The van der Waals surface area contributed by atoms with E-state index in [0.29, 0.717) is 0 Å². The molecule has 30 rings (SSSR count). The van der Waals surface area contributed by atoms with Gasteiger partial charge in [-0.15, -0.1) is 34.0 Å². The topological polar surface area (TPSA) is 9.72 Å². The van der Waals surface area contributed by atoms with Gasteiger partial charge in [0, 0.05) is 111 Å². The fourth-order valence-electron chi connectivity index (χ4n) is 22.8. The first kappa shape index (κ1) is 89.0. The zero-order valence-corrected chi connectivity index (χ0v) is 84.2. The van der Waals surface area contributed by atoms with Crippen LogP contribution in [0.3, 0.4) is 0 Å². The van der Waals surface area contributed by atoms with Gasteiger partial charge in [-0.1, -0.05) is 443 Å². The molecule has 0 aliphatic heterocycles. The summed E-state index contributed by atoms with van der Waals surface area (Å²) in [7, 11) is 0. The van der Waals surface area contributed by atoms with Crippen LogP contribution in [0.1, 0.15) is 0 Å². The molecule has 0 N–H and O–H groups in total. The number of anilines is 9. The second kappa shape index (κ2) is 38.1. The number of hydrogen-bond donors (Lipinski definition) is 0. The number of rotatable bonds is 15. The summed E-state index contributed by atoms with van der Waals surface area (Å²) in [6, 6.07) is 206. The first-order valence-corrected chi connectivity index (χ1v) is 53.7. The first-order valence-electron chi connectivity index (χ1n) is 51.3. The molecule has 6 heteroatoms. The molecule has 0 radical (unpaired) electrons. The maximum Gasteiger partial charge on any atom is 0.0546 e. The van der Waals surface area contributed by atoms with Gasteiger partial charge in [0.1, 0.15) is 0 Å². The molecule has 27 aromatic carbocycles. The highest BCUT2D eigenvalue weighted by atomic mass is 32.1. The lowest BCUT2D eigenvalue weighted by Gasteiger charge is -2.28. The van der Waals surface area contributed by atoms with Crippen LogP contribution < -0.4 is 14.7 Å². The Morgan fingerprint density at radius 3 is 0.720 bits per heavy atom. The Morgan fingerprint density at radius 2 is 0.347 bits per heavy atom. The number of hydrogen-bond acceptors (Lipinski definition) is 6. The molecular formula is C144H93N3S3. The highest BCUT2D eigenvalue weighted by Crippen LogP contribution is 2.52. The van der Waals surface area contributed by atoms with Gasteiger partial charge in [-0.05, 0) is 269 Å². The van der Waals surface area contributed by atoms with Crippen LogP contribution in [0.4, 0.5) is 51.2 Å². The fourth-order valence-corrected chi connectivity index (χ4v) is 26.2. The molecule has 3 heterocycles. The molecule has 30 aromatic rings. The van der Waals surface area contributed by atoms with Gasteiger partial charge in [-0.3, -0.25) is 0 Å². The van der Waals surface area contributed by atoms with Crippen LogP contribution in [-0.4, -0.2) is 0 Å². The molecule has 0 amide bonds. The lowest BCUT2D eigenvalue weighted by Crippen LogP contribution is -2.10. The van der Waals surface area contributed by atoms with Crippen molar-refractivity contribution in [1.82, 2.24) is 0 Å². The zero-order chi connectivity index (χ0) is 99.1. The van der Waals surface area contributed by atoms with Gasteiger partial charge in [0.25, 0.3) is 0 Å². The fraction of sp³-hybridized carbons (Fsp3) is 0. The first-order chi connectivity index (χ1) is 74.3. The molecule has 0 atom stereocenters. The van der Waals surface area contributed by atoms with E-state index in [1.807, 2.05) is 34.0 Å². The van der Waals surface area contributed by atoms with Crippen molar-refractivity contribution in [2.24, 2.45) is 0 Å². The molecule has 0 saturated carbocycles. The second-order valence-corrected chi connectivity index (χ2v) is 42.1. The normalized spacial score (nSPS) is 11.6. The third-order valence-electron chi connectivity index (χ3n) is 30.1. The van der Waals surface area contributed by atoms with E-state index in [9.17, 15) is 0 Å². The molecule has 0 bridgehead atoms. The van der Waals surface area contributed by atoms with Crippen LogP contribution in [0.25, 0.3) is 224 Å². The van der Waals surface area contributed by atoms with Gasteiger partial charge >= 0.3 is 0 Å². The van der Waals surface area contributed by atoms with Crippen molar-refractivity contribution in [3.8, 4) is 66.8 Å². The summed E-state index contributed by atoms with van der Waals surface area (Å²) in [6.07, 6.45) is 0. The lowest BCUT2D eigenvalue weighted by atomic mass is 9.95. The minimum absolute atomic E-state index is 1.12. The second-order valence-electron chi connectivity index (χ2n) is 38.8. The zero-order valence-electron chi connectivity index (χ0n) is 81.8. The summed E-state index contributed by atoms with van der Waals surface area (Å²) in [4.78, 5) is 7.31. The minimum Gasteiger partial charge on any atom is -0.310 e. The summed E-state index contributed by atoms with van der Waals surface area (Å²) >= 11 is 5.59. The van der Waals surface area contributed by atoms with E-state index < -0.39 is 0 Å². The average molecular weight is 1960 g/mol. The average Bonchev–Trinajstić information content (AvgIpc) is 1.27. The van der Waals surface area contributed by atoms with E-state index in [0.717, 1.165) is 34.1 Å². The lowest BCUT2D eigenvalue weighted by molar-refractivity contribution is 1.31. The molecule has 3 nitrogen and oxygen atoms in total. The predicted molar refractivity (Wildman–Crippen MR) is 652 cm³/mol. The third kappa shape index (κ3) is 16.3. The van der Waals surface area contributed by atoms with Gasteiger partial charge < -0.3 is 14.7 Å². The Kier molecular flexibility index (Phi) is 22.6. The summed E-state index contributed by atoms with van der Waals surface area (Å²) in [6.45, 7) is 0. The molecule has 0 saturated heterocycles. The Morgan fingerprint density at radius 1 is 0.107 bits per heavy atom. The van der Waals surface area contributed by atoms with Gasteiger partial charge in [0.15, 0.2) is 0 Å². The highest BCUT2D eigenvalue weighted by molar-refractivity contribution is 7.26. The van der Waals surface area contributed by atoms with E-state index in [1.54, 1.807) is 0 Å².